The monoisotopic (exact) mass is 389 g/mol. The Morgan fingerprint density at radius 2 is 1.38 bits per heavy atom. The van der Waals surface area contributed by atoms with Gasteiger partial charge in [-0.25, -0.2) is 0 Å². The zero-order valence-corrected chi connectivity index (χ0v) is 19.9. The molecule has 2 nitrogen and oxygen atoms in total. The van der Waals surface area contributed by atoms with Gasteiger partial charge in [0.1, 0.15) is 8.07 Å². The third-order valence-electron chi connectivity index (χ3n) is 7.07. The van der Waals surface area contributed by atoms with Crippen LogP contribution in [0.2, 0.25) is 36.3 Å². The van der Waals surface area contributed by atoms with Crippen LogP contribution in [0.5, 0.6) is 0 Å². The van der Waals surface area contributed by atoms with Gasteiger partial charge in [-0.15, -0.1) is 0 Å². The summed E-state index contributed by atoms with van der Waals surface area (Å²) in [5.74, 6) is 0. The number of hydrogen-bond acceptors (Lipinski definition) is 1. The molecular formula is C22H39NOSi2. The number of para-hydroxylation sites is 1. The summed E-state index contributed by atoms with van der Waals surface area (Å²) in [5, 5.41) is 3.03. The van der Waals surface area contributed by atoms with Crippen molar-refractivity contribution in [2.75, 3.05) is 6.61 Å². The maximum absolute atomic E-state index is 6.61. The molecule has 0 aliphatic rings. The van der Waals surface area contributed by atoms with Crippen LogP contribution in [0.4, 0.5) is 0 Å². The van der Waals surface area contributed by atoms with Crippen molar-refractivity contribution in [1.29, 1.82) is 0 Å². The summed E-state index contributed by atoms with van der Waals surface area (Å²) in [6.07, 6.45) is 1.06. The molecule has 0 spiro atoms. The second-order valence-corrected chi connectivity index (χ2v) is 17.7. The number of nitrogens with one attached hydrogen (secondary N) is 1. The SMILES string of the molecule is CC[Si](CC)(CC)OCCc1c([Si](CC)(CC)CC)[nH]c2ccccc12. The van der Waals surface area contributed by atoms with Crippen molar-refractivity contribution in [2.24, 2.45) is 0 Å². The van der Waals surface area contributed by atoms with E-state index in [2.05, 4.69) is 70.8 Å². The highest BCUT2D eigenvalue weighted by molar-refractivity contribution is 6.91. The fourth-order valence-electron chi connectivity index (χ4n) is 4.62. The molecule has 0 atom stereocenters. The predicted molar refractivity (Wildman–Crippen MR) is 122 cm³/mol. The molecule has 4 heteroatoms. The standard InChI is InChI=1S/C22H39NOSi2/c1-7-25(8-2,9-3)22-20(19-15-13-14-16-21(19)23-22)17-18-24-26(10-4,11-5)12-6/h13-16,23H,7-12,17-18H2,1-6H3. The van der Waals surface area contributed by atoms with E-state index in [1.165, 1.54) is 47.2 Å². The summed E-state index contributed by atoms with van der Waals surface area (Å²) >= 11 is 0. The van der Waals surface area contributed by atoms with Gasteiger partial charge in [0.15, 0.2) is 8.32 Å². The Balaban J connectivity index is 2.37. The fourth-order valence-corrected chi connectivity index (χ4v) is 11.1. The van der Waals surface area contributed by atoms with E-state index in [-0.39, 0.29) is 0 Å². The van der Waals surface area contributed by atoms with E-state index in [1.54, 1.807) is 10.9 Å². The third kappa shape index (κ3) is 4.02. The molecule has 0 saturated heterocycles. The number of hydrogen-bond donors (Lipinski definition) is 1. The van der Waals surface area contributed by atoms with Crippen molar-refractivity contribution in [2.45, 2.75) is 84.2 Å². The van der Waals surface area contributed by atoms with E-state index in [4.69, 9.17) is 4.43 Å². The smallest absolute Gasteiger partial charge is 0.191 e. The Morgan fingerprint density at radius 3 is 1.92 bits per heavy atom. The van der Waals surface area contributed by atoms with Gasteiger partial charge in [-0.3, -0.25) is 0 Å². The van der Waals surface area contributed by atoms with Crippen LogP contribution < -0.4 is 5.32 Å². The molecule has 26 heavy (non-hydrogen) atoms. The van der Waals surface area contributed by atoms with Gasteiger partial charge in [0.25, 0.3) is 0 Å². The van der Waals surface area contributed by atoms with Crippen LogP contribution in [0, 0.1) is 0 Å². The lowest BCUT2D eigenvalue weighted by Crippen LogP contribution is -2.48. The highest BCUT2D eigenvalue weighted by atomic mass is 28.4. The third-order valence-corrected chi connectivity index (χ3v) is 17.3. The van der Waals surface area contributed by atoms with Gasteiger partial charge in [0, 0.05) is 22.8 Å². The van der Waals surface area contributed by atoms with Gasteiger partial charge in [-0.05, 0) is 36.2 Å². The molecule has 1 aromatic heterocycles. The van der Waals surface area contributed by atoms with Gasteiger partial charge in [0.05, 0.1) is 0 Å². The van der Waals surface area contributed by atoms with E-state index in [0.717, 1.165) is 13.0 Å². The predicted octanol–water partition coefficient (Wildman–Crippen LogP) is 6.45. The van der Waals surface area contributed by atoms with Gasteiger partial charge in [0.2, 0.25) is 0 Å². The van der Waals surface area contributed by atoms with Crippen molar-refractivity contribution in [3.63, 3.8) is 0 Å². The van der Waals surface area contributed by atoms with Crippen LogP contribution >= 0.6 is 0 Å². The molecule has 0 saturated carbocycles. The molecule has 2 rings (SSSR count). The number of benzene rings is 1. The molecule has 0 aliphatic heterocycles. The Labute approximate surface area is 162 Å². The van der Waals surface area contributed by atoms with E-state index in [9.17, 15) is 0 Å². The number of aromatic amines is 1. The van der Waals surface area contributed by atoms with Gasteiger partial charge in [-0.2, -0.15) is 0 Å². The van der Waals surface area contributed by atoms with Crippen LogP contribution in [-0.2, 0) is 10.8 Å². The molecule has 146 valence electrons. The average molecular weight is 390 g/mol. The Hall–Kier alpha value is -0.846. The minimum atomic E-state index is -1.51. The van der Waals surface area contributed by atoms with Crippen LogP contribution in [0.15, 0.2) is 24.3 Å². The zero-order valence-electron chi connectivity index (χ0n) is 17.9. The van der Waals surface area contributed by atoms with E-state index < -0.39 is 16.4 Å². The molecule has 0 unspecified atom stereocenters. The van der Waals surface area contributed by atoms with E-state index >= 15 is 0 Å². The van der Waals surface area contributed by atoms with Crippen molar-refractivity contribution in [1.82, 2.24) is 4.98 Å². The molecule has 0 bridgehead atoms. The first-order valence-electron chi connectivity index (χ1n) is 10.8. The Bertz CT molecular complexity index is 670. The number of H-pyrrole nitrogens is 1. The maximum atomic E-state index is 6.61. The molecule has 0 fully saturated rings. The fraction of sp³-hybridized carbons (Fsp3) is 0.636. The van der Waals surface area contributed by atoms with Crippen LogP contribution in [0.25, 0.3) is 10.9 Å². The molecule has 0 radical (unpaired) electrons. The Morgan fingerprint density at radius 1 is 0.808 bits per heavy atom. The lowest BCUT2D eigenvalue weighted by Gasteiger charge is -2.30. The minimum Gasteiger partial charge on any atom is -0.416 e. The first-order valence-corrected chi connectivity index (χ1v) is 15.9. The number of rotatable bonds is 11. The molecular weight excluding hydrogens is 350 g/mol. The van der Waals surface area contributed by atoms with E-state index in [1.807, 2.05) is 0 Å². The summed E-state index contributed by atoms with van der Waals surface area (Å²) in [6, 6.07) is 16.5. The van der Waals surface area contributed by atoms with Crippen LogP contribution in [0.3, 0.4) is 0 Å². The molecule has 1 N–H and O–H groups in total. The average Bonchev–Trinajstić information content (AvgIpc) is 3.07. The molecule has 2 aromatic rings. The molecule has 1 heterocycles. The van der Waals surface area contributed by atoms with Crippen molar-refractivity contribution in [3.05, 3.63) is 29.8 Å². The van der Waals surface area contributed by atoms with Gasteiger partial charge in [-0.1, -0.05) is 77.9 Å². The molecule has 0 aliphatic carbocycles. The number of fused-ring (bicyclic) bond motifs is 1. The summed E-state index contributed by atoms with van der Waals surface area (Å²) in [7, 11) is -2.95. The second kappa shape index (κ2) is 9.38. The van der Waals surface area contributed by atoms with Crippen LogP contribution in [-0.4, -0.2) is 28.0 Å². The lowest BCUT2D eigenvalue weighted by molar-refractivity contribution is 0.304. The summed E-state index contributed by atoms with van der Waals surface area (Å²) in [5.41, 5.74) is 2.87. The Kier molecular flexibility index (Phi) is 7.74. The van der Waals surface area contributed by atoms with Crippen molar-refractivity contribution < 1.29 is 4.43 Å². The number of aromatic nitrogens is 1. The molecule has 1 aromatic carbocycles. The summed E-state index contributed by atoms with van der Waals surface area (Å²) in [4.78, 5) is 3.86. The van der Waals surface area contributed by atoms with Gasteiger partial charge >= 0.3 is 0 Å². The highest BCUT2D eigenvalue weighted by Crippen LogP contribution is 2.27. The quantitative estimate of drug-likeness (QED) is 0.439. The first-order chi connectivity index (χ1) is 12.5. The topological polar surface area (TPSA) is 25.0 Å². The minimum absolute atomic E-state index is 0.887. The van der Waals surface area contributed by atoms with Crippen molar-refractivity contribution >= 4 is 32.6 Å². The van der Waals surface area contributed by atoms with E-state index in [0.29, 0.717) is 0 Å². The zero-order chi connectivity index (χ0) is 19.2. The normalized spacial score (nSPS) is 12.8. The highest BCUT2D eigenvalue weighted by Gasteiger charge is 2.34. The summed E-state index contributed by atoms with van der Waals surface area (Å²) in [6.45, 7) is 15.0. The van der Waals surface area contributed by atoms with Gasteiger partial charge < -0.3 is 9.41 Å². The largest absolute Gasteiger partial charge is 0.416 e. The first kappa shape index (κ1) is 21.5. The maximum Gasteiger partial charge on any atom is 0.191 e. The lowest BCUT2D eigenvalue weighted by atomic mass is 10.1. The summed E-state index contributed by atoms with van der Waals surface area (Å²) < 4.78 is 6.61. The molecule has 0 amide bonds. The second-order valence-electron chi connectivity index (χ2n) is 7.71. The van der Waals surface area contributed by atoms with Crippen LogP contribution in [0.1, 0.15) is 47.1 Å². The van der Waals surface area contributed by atoms with Crippen molar-refractivity contribution in [3.8, 4) is 0 Å².